The summed E-state index contributed by atoms with van der Waals surface area (Å²) >= 11 is 0. The lowest BCUT2D eigenvalue weighted by Crippen LogP contribution is -2.35. The lowest BCUT2D eigenvalue weighted by atomic mass is 10.1. The van der Waals surface area contributed by atoms with Gasteiger partial charge in [0.2, 0.25) is 0 Å². The fourth-order valence-electron chi connectivity index (χ4n) is 4.16. The van der Waals surface area contributed by atoms with Crippen LogP contribution in [0.1, 0.15) is 48.5 Å². The molecule has 1 aliphatic heterocycles. The minimum atomic E-state index is -3.62. The van der Waals surface area contributed by atoms with E-state index in [9.17, 15) is 13.2 Å². The summed E-state index contributed by atoms with van der Waals surface area (Å²) in [6.45, 7) is 1.90. The van der Waals surface area contributed by atoms with Crippen LogP contribution in [0.15, 0.2) is 53.4 Å². The molecule has 6 heteroatoms. The number of rotatable bonds is 4. The number of amides is 1. The van der Waals surface area contributed by atoms with Crippen molar-refractivity contribution in [2.24, 2.45) is 0 Å². The van der Waals surface area contributed by atoms with Gasteiger partial charge < -0.3 is 5.32 Å². The first-order chi connectivity index (χ1) is 13.0. The third-order valence-electron chi connectivity index (χ3n) is 5.49. The number of nitrogens with one attached hydrogen (secondary N) is 1. The molecule has 1 fully saturated rings. The second-order valence-corrected chi connectivity index (χ2v) is 9.28. The van der Waals surface area contributed by atoms with E-state index in [1.54, 1.807) is 42.5 Å². The summed E-state index contributed by atoms with van der Waals surface area (Å²) in [7, 11) is -3.62. The van der Waals surface area contributed by atoms with E-state index in [1.807, 2.05) is 13.0 Å². The number of hydrogen-bond acceptors (Lipinski definition) is 3. The number of sulfonamides is 1. The second kappa shape index (κ2) is 7.00. The van der Waals surface area contributed by atoms with Crippen LogP contribution >= 0.6 is 0 Å². The summed E-state index contributed by atoms with van der Waals surface area (Å²) in [5, 5.41) is 3.09. The van der Waals surface area contributed by atoms with E-state index in [0.29, 0.717) is 17.7 Å². The number of benzene rings is 2. The van der Waals surface area contributed by atoms with Gasteiger partial charge >= 0.3 is 0 Å². The highest BCUT2D eigenvalue weighted by molar-refractivity contribution is 7.92. The van der Waals surface area contributed by atoms with Gasteiger partial charge in [0.15, 0.2) is 0 Å². The summed E-state index contributed by atoms with van der Waals surface area (Å²) in [5.74, 6) is -0.0679. The largest absolute Gasteiger partial charge is 0.349 e. The molecule has 5 nitrogen and oxygen atoms in total. The summed E-state index contributed by atoms with van der Waals surface area (Å²) in [6, 6.07) is 13.9. The first-order valence-electron chi connectivity index (χ1n) is 9.50. The molecule has 0 aromatic heterocycles. The van der Waals surface area contributed by atoms with Crippen molar-refractivity contribution in [3.05, 3.63) is 59.7 Å². The van der Waals surface area contributed by atoms with Crippen molar-refractivity contribution in [3.8, 4) is 0 Å². The monoisotopic (exact) mass is 384 g/mol. The molecular formula is C21H24N2O3S. The highest BCUT2D eigenvalue weighted by Gasteiger charge is 2.36. The smallest absolute Gasteiger partial charge is 0.264 e. The van der Waals surface area contributed by atoms with E-state index < -0.39 is 10.0 Å². The van der Waals surface area contributed by atoms with Crippen LogP contribution in [-0.2, 0) is 16.4 Å². The Kier molecular flexibility index (Phi) is 4.68. The van der Waals surface area contributed by atoms with Crippen LogP contribution in [0, 0.1) is 0 Å². The number of nitrogens with zero attached hydrogens (tertiary/aromatic N) is 1. The Hall–Kier alpha value is -2.34. The van der Waals surface area contributed by atoms with Crippen LogP contribution in [0.2, 0.25) is 0 Å². The van der Waals surface area contributed by atoms with Crippen molar-refractivity contribution in [2.75, 3.05) is 4.31 Å². The summed E-state index contributed by atoms with van der Waals surface area (Å²) in [5.41, 5.74) is 2.18. The van der Waals surface area contributed by atoms with Crippen LogP contribution in [0.5, 0.6) is 0 Å². The summed E-state index contributed by atoms with van der Waals surface area (Å²) in [6.07, 6.45) is 5.01. The van der Waals surface area contributed by atoms with Gasteiger partial charge in [-0.15, -0.1) is 0 Å². The quantitative estimate of drug-likeness (QED) is 0.877. The maximum absolute atomic E-state index is 13.1. The summed E-state index contributed by atoms with van der Waals surface area (Å²) in [4.78, 5) is 12.8. The lowest BCUT2D eigenvalue weighted by molar-refractivity contribution is 0.0938. The van der Waals surface area contributed by atoms with Gasteiger partial charge in [-0.05, 0) is 62.1 Å². The van der Waals surface area contributed by atoms with Crippen molar-refractivity contribution >= 4 is 21.6 Å². The molecule has 1 heterocycles. The Labute approximate surface area is 160 Å². The number of fused-ring (bicyclic) bond motifs is 1. The van der Waals surface area contributed by atoms with Gasteiger partial charge in [-0.1, -0.05) is 31.0 Å². The molecule has 4 rings (SSSR count). The van der Waals surface area contributed by atoms with Gasteiger partial charge in [0.1, 0.15) is 0 Å². The average molecular weight is 385 g/mol. The molecule has 0 radical (unpaired) electrons. The van der Waals surface area contributed by atoms with E-state index in [2.05, 4.69) is 5.32 Å². The standard InChI is InChI=1S/C21H24N2O3S/c1-15-13-17-14-16(21(24)22-18-7-5-6-8-18)11-12-20(17)23(15)27(25,26)19-9-3-2-4-10-19/h2-4,9-12,14-15,18H,5-8,13H2,1H3,(H,22,24)/t15-/m1/s1. The maximum Gasteiger partial charge on any atom is 0.264 e. The Bertz CT molecular complexity index is 951. The van der Waals surface area contributed by atoms with Gasteiger partial charge in [-0.2, -0.15) is 0 Å². The Morgan fingerprint density at radius 1 is 1.07 bits per heavy atom. The van der Waals surface area contributed by atoms with Gasteiger partial charge in [0.05, 0.1) is 10.6 Å². The fourth-order valence-corrected chi connectivity index (χ4v) is 5.87. The number of hydrogen-bond donors (Lipinski definition) is 1. The van der Waals surface area contributed by atoms with Gasteiger partial charge in [-0.25, -0.2) is 8.42 Å². The van der Waals surface area contributed by atoms with E-state index in [1.165, 1.54) is 17.1 Å². The fraction of sp³-hybridized carbons (Fsp3) is 0.381. The molecule has 0 unspecified atom stereocenters. The van der Waals surface area contributed by atoms with Crippen molar-refractivity contribution in [1.29, 1.82) is 0 Å². The van der Waals surface area contributed by atoms with Crippen molar-refractivity contribution < 1.29 is 13.2 Å². The molecule has 0 saturated heterocycles. The lowest BCUT2D eigenvalue weighted by Gasteiger charge is -2.24. The molecule has 0 bridgehead atoms. The molecule has 1 atom stereocenters. The number of carbonyl (C=O) groups is 1. The zero-order chi connectivity index (χ0) is 19.0. The van der Waals surface area contributed by atoms with Crippen LogP contribution < -0.4 is 9.62 Å². The highest BCUT2D eigenvalue weighted by Crippen LogP contribution is 2.37. The predicted molar refractivity (Wildman–Crippen MR) is 105 cm³/mol. The molecule has 2 aliphatic rings. The van der Waals surface area contributed by atoms with Crippen molar-refractivity contribution in [1.82, 2.24) is 5.32 Å². The Morgan fingerprint density at radius 2 is 1.78 bits per heavy atom. The average Bonchev–Trinajstić information content (AvgIpc) is 3.28. The molecule has 27 heavy (non-hydrogen) atoms. The summed E-state index contributed by atoms with van der Waals surface area (Å²) < 4.78 is 27.7. The van der Waals surface area contributed by atoms with E-state index in [0.717, 1.165) is 18.4 Å². The van der Waals surface area contributed by atoms with Gasteiger partial charge in [-0.3, -0.25) is 9.10 Å². The Morgan fingerprint density at radius 3 is 2.48 bits per heavy atom. The molecule has 1 N–H and O–H groups in total. The maximum atomic E-state index is 13.1. The molecule has 2 aromatic carbocycles. The van der Waals surface area contributed by atoms with Gasteiger partial charge in [0.25, 0.3) is 15.9 Å². The van der Waals surface area contributed by atoms with E-state index in [4.69, 9.17) is 0 Å². The number of anilines is 1. The minimum Gasteiger partial charge on any atom is -0.349 e. The van der Waals surface area contributed by atoms with Gasteiger partial charge in [0, 0.05) is 17.6 Å². The molecule has 142 valence electrons. The van der Waals surface area contributed by atoms with Crippen LogP contribution in [0.25, 0.3) is 0 Å². The third-order valence-corrected chi connectivity index (χ3v) is 7.43. The van der Waals surface area contributed by atoms with Crippen LogP contribution in [0.3, 0.4) is 0 Å². The normalized spacial score (nSPS) is 19.9. The zero-order valence-corrected chi connectivity index (χ0v) is 16.2. The first-order valence-corrected chi connectivity index (χ1v) is 10.9. The molecular weight excluding hydrogens is 360 g/mol. The molecule has 1 aliphatic carbocycles. The second-order valence-electron chi connectivity index (χ2n) is 7.47. The van der Waals surface area contributed by atoms with Crippen molar-refractivity contribution in [2.45, 2.75) is 56.0 Å². The SMILES string of the molecule is C[C@@H]1Cc2cc(C(=O)NC3CCCC3)ccc2N1S(=O)(=O)c1ccccc1. The van der Waals surface area contributed by atoms with Crippen LogP contribution in [-0.4, -0.2) is 26.4 Å². The molecule has 1 saturated carbocycles. The van der Waals surface area contributed by atoms with Crippen LogP contribution in [0.4, 0.5) is 5.69 Å². The Balaban J connectivity index is 1.62. The first kappa shape index (κ1) is 18.0. The predicted octanol–water partition coefficient (Wildman–Crippen LogP) is 3.50. The molecule has 1 amide bonds. The molecule has 2 aromatic rings. The number of carbonyl (C=O) groups excluding carboxylic acids is 1. The minimum absolute atomic E-state index is 0.0679. The van der Waals surface area contributed by atoms with Crippen molar-refractivity contribution in [3.63, 3.8) is 0 Å². The highest BCUT2D eigenvalue weighted by atomic mass is 32.2. The zero-order valence-electron chi connectivity index (χ0n) is 15.4. The topological polar surface area (TPSA) is 66.5 Å². The molecule has 0 spiro atoms. The third kappa shape index (κ3) is 3.34. The van der Waals surface area contributed by atoms with E-state index in [-0.39, 0.29) is 22.9 Å². The van der Waals surface area contributed by atoms with E-state index >= 15 is 0 Å².